The molecule has 0 unspecified atom stereocenters. The van der Waals surface area contributed by atoms with Crippen molar-refractivity contribution < 1.29 is 30.0 Å². The largest absolute Gasteiger partial charge is 0.297 e. The van der Waals surface area contributed by atoms with Crippen LogP contribution in [0.5, 0.6) is 0 Å². The molecular weight excluding hydrogens is 272 g/mol. The lowest BCUT2D eigenvalue weighted by Crippen LogP contribution is -2.13. The van der Waals surface area contributed by atoms with Gasteiger partial charge in [0.2, 0.25) is 0 Å². The predicted molar refractivity (Wildman–Crippen MR) is 60.4 cm³/mol. The summed E-state index contributed by atoms with van der Waals surface area (Å²) in [5, 5.41) is 0. The SMILES string of the molecule is CS(=O)(=O)OCCCCC(=O)COS(C)(=O)=O. The van der Waals surface area contributed by atoms with Crippen molar-refractivity contribution in [3.05, 3.63) is 0 Å². The number of carbonyl (C=O) groups is 1. The zero-order valence-corrected chi connectivity index (χ0v) is 11.3. The summed E-state index contributed by atoms with van der Waals surface area (Å²) in [5.74, 6) is -0.352. The molecule has 0 aromatic rings. The smallest absolute Gasteiger partial charge is 0.264 e. The molecule has 0 aromatic carbocycles. The Balaban J connectivity index is 3.60. The van der Waals surface area contributed by atoms with Gasteiger partial charge >= 0.3 is 0 Å². The minimum absolute atomic E-state index is 0.0129. The van der Waals surface area contributed by atoms with Gasteiger partial charge in [-0.05, 0) is 12.8 Å². The van der Waals surface area contributed by atoms with E-state index in [0.717, 1.165) is 12.5 Å². The van der Waals surface area contributed by atoms with Crippen molar-refractivity contribution in [1.29, 1.82) is 0 Å². The van der Waals surface area contributed by atoms with E-state index in [4.69, 9.17) is 0 Å². The van der Waals surface area contributed by atoms with Crippen LogP contribution in [0.1, 0.15) is 19.3 Å². The second-order valence-electron chi connectivity index (χ2n) is 3.49. The van der Waals surface area contributed by atoms with Gasteiger partial charge in [-0.25, -0.2) is 0 Å². The van der Waals surface area contributed by atoms with E-state index < -0.39 is 26.8 Å². The van der Waals surface area contributed by atoms with Crippen LogP contribution in [0.2, 0.25) is 0 Å². The molecular formula is C8H16O7S2. The number of ketones is 1. The molecule has 102 valence electrons. The Morgan fingerprint density at radius 1 is 0.941 bits per heavy atom. The molecule has 0 aliphatic rings. The van der Waals surface area contributed by atoms with Gasteiger partial charge in [-0.2, -0.15) is 16.8 Å². The van der Waals surface area contributed by atoms with Crippen molar-refractivity contribution in [2.75, 3.05) is 25.7 Å². The number of unbranched alkanes of at least 4 members (excludes halogenated alkanes) is 1. The lowest BCUT2D eigenvalue weighted by Gasteiger charge is -2.02. The molecule has 0 heterocycles. The van der Waals surface area contributed by atoms with Crippen molar-refractivity contribution in [1.82, 2.24) is 0 Å². The second kappa shape index (κ2) is 7.04. The van der Waals surface area contributed by atoms with E-state index in [9.17, 15) is 21.6 Å². The third-order valence-electron chi connectivity index (χ3n) is 1.58. The average Bonchev–Trinajstić information content (AvgIpc) is 2.11. The van der Waals surface area contributed by atoms with Crippen LogP contribution < -0.4 is 0 Å². The lowest BCUT2D eigenvalue weighted by atomic mass is 10.2. The van der Waals surface area contributed by atoms with Gasteiger partial charge in [-0.3, -0.25) is 13.2 Å². The molecule has 0 atom stereocenters. The molecule has 0 radical (unpaired) electrons. The molecule has 0 aromatic heterocycles. The number of carbonyl (C=O) groups excluding carboxylic acids is 1. The highest BCUT2D eigenvalue weighted by atomic mass is 32.2. The fourth-order valence-electron chi connectivity index (χ4n) is 0.879. The zero-order chi connectivity index (χ0) is 13.5. The molecule has 0 amide bonds. The molecule has 17 heavy (non-hydrogen) atoms. The van der Waals surface area contributed by atoms with Crippen LogP contribution in [-0.4, -0.2) is 48.3 Å². The maximum atomic E-state index is 11.1. The fraction of sp³-hybridized carbons (Fsp3) is 0.875. The normalized spacial score (nSPS) is 12.6. The summed E-state index contributed by atoms with van der Waals surface area (Å²) in [7, 11) is -7.04. The van der Waals surface area contributed by atoms with Crippen LogP contribution in [0, 0.1) is 0 Å². The first-order valence-corrected chi connectivity index (χ1v) is 8.44. The first-order chi connectivity index (χ1) is 7.60. The highest BCUT2D eigenvalue weighted by Crippen LogP contribution is 2.00. The van der Waals surface area contributed by atoms with E-state index in [2.05, 4.69) is 8.37 Å². The summed E-state index contributed by atoms with van der Waals surface area (Å²) in [6.07, 6.45) is 2.75. The van der Waals surface area contributed by atoms with Gasteiger partial charge in [0.15, 0.2) is 5.78 Å². The Labute approximate surface area is 101 Å². The lowest BCUT2D eigenvalue weighted by molar-refractivity contribution is -0.121. The topological polar surface area (TPSA) is 104 Å². The molecule has 0 fully saturated rings. The van der Waals surface area contributed by atoms with Crippen LogP contribution >= 0.6 is 0 Å². The van der Waals surface area contributed by atoms with Crippen LogP contribution in [0.4, 0.5) is 0 Å². The Hall–Kier alpha value is -0.510. The van der Waals surface area contributed by atoms with Gasteiger partial charge in [-0.15, -0.1) is 0 Å². The van der Waals surface area contributed by atoms with E-state index >= 15 is 0 Å². The minimum Gasteiger partial charge on any atom is -0.297 e. The quantitative estimate of drug-likeness (QED) is 0.423. The Bertz CT molecular complexity index is 434. The van der Waals surface area contributed by atoms with E-state index in [1.54, 1.807) is 0 Å². The van der Waals surface area contributed by atoms with Gasteiger partial charge in [0, 0.05) is 6.42 Å². The molecule has 0 bridgehead atoms. The zero-order valence-electron chi connectivity index (χ0n) is 9.71. The molecule has 0 saturated carbocycles. The van der Waals surface area contributed by atoms with E-state index in [0.29, 0.717) is 12.8 Å². The van der Waals surface area contributed by atoms with Crippen molar-refractivity contribution >= 4 is 26.0 Å². The van der Waals surface area contributed by atoms with Crippen molar-refractivity contribution in [2.24, 2.45) is 0 Å². The Kier molecular flexibility index (Phi) is 6.83. The Morgan fingerprint density at radius 3 is 1.94 bits per heavy atom. The summed E-state index contributed by atoms with van der Waals surface area (Å²) < 4.78 is 51.0. The van der Waals surface area contributed by atoms with Crippen molar-refractivity contribution in [2.45, 2.75) is 19.3 Å². The first kappa shape index (κ1) is 16.5. The second-order valence-corrected chi connectivity index (χ2v) is 6.78. The number of hydrogen-bond acceptors (Lipinski definition) is 7. The Morgan fingerprint density at radius 2 is 1.47 bits per heavy atom. The van der Waals surface area contributed by atoms with Crippen molar-refractivity contribution in [3.8, 4) is 0 Å². The third kappa shape index (κ3) is 13.4. The van der Waals surface area contributed by atoms with Gasteiger partial charge in [0.05, 0.1) is 19.1 Å². The highest BCUT2D eigenvalue weighted by molar-refractivity contribution is 7.86. The van der Waals surface area contributed by atoms with E-state index in [-0.39, 0.29) is 18.8 Å². The van der Waals surface area contributed by atoms with E-state index in [1.165, 1.54) is 0 Å². The molecule has 0 N–H and O–H groups in total. The van der Waals surface area contributed by atoms with Crippen LogP contribution in [-0.2, 0) is 33.4 Å². The van der Waals surface area contributed by atoms with Crippen LogP contribution in [0.25, 0.3) is 0 Å². The van der Waals surface area contributed by atoms with Gasteiger partial charge < -0.3 is 0 Å². The van der Waals surface area contributed by atoms with Crippen LogP contribution in [0.3, 0.4) is 0 Å². The summed E-state index contributed by atoms with van der Waals surface area (Å²) in [4.78, 5) is 11.1. The number of Topliss-reactive ketones (excluding diaryl/α,β-unsaturated/α-hetero) is 1. The fourth-order valence-corrected chi connectivity index (χ4v) is 1.65. The molecule has 0 spiro atoms. The minimum atomic E-state index is -3.60. The van der Waals surface area contributed by atoms with E-state index in [1.807, 2.05) is 0 Å². The van der Waals surface area contributed by atoms with Gasteiger partial charge in [-0.1, -0.05) is 0 Å². The summed E-state index contributed by atoms with van der Waals surface area (Å²) in [5.41, 5.74) is 0. The number of hydrogen-bond donors (Lipinski definition) is 0. The average molecular weight is 288 g/mol. The highest BCUT2D eigenvalue weighted by Gasteiger charge is 2.08. The molecule has 7 nitrogen and oxygen atoms in total. The maximum Gasteiger partial charge on any atom is 0.264 e. The van der Waals surface area contributed by atoms with Crippen LogP contribution in [0.15, 0.2) is 0 Å². The molecule has 0 saturated heterocycles. The molecule has 9 heteroatoms. The molecule has 0 aliphatic carbocycles. The maximum absolute atomic E-state index is 11.1. The van der Waals surface area contributed by atoms with Gasteiger partial charge in [0.25, 0.3) is 20.2 Å². The van der Waals surface area contributed by atoms with Gasteiger partial charge in [0.1, 0.15) is 6.61 Å². The monoisotopic (exact) mass is 288 g/mol. The predicted octanol–water partition coefficient (Wildman–Crippen LogP) is -0.322. The standard InChI is InChI=1S/C8H16O7S2/c1-16(10,11)14-6-4-3-5-8(9)7-15-17(2,12)13/h3-7H2,1-2H3. The number of rotatable bonds is 9. The van der Waals surface area contributed by atoms with Crippen molar-refractivity contribution in [3.63, 3.8) is 0 Å². The third-order valence-corrected chi connectivity index (χ3v) is 2.72. The first-order valence-electron chi connectivity index (χ1n) is 4.81. The molecule has 0 aliphatic heterocycles. The summed E-state index contributed by atoms with van der Waals surface area (Å²) in [6, 6.07) is 0. The summed E-state index contributed by atoms with van der Waals surface area (Å²) >= 11 is 0. The molecule has 0 rings (SSSR count). The summed E-state index contributed by atoms with van der Waals surface area (Å²) in [6.45, 7) is -0.467.